The summed E-state index contributed by atoms with van der Waals surface area (Å²) in [5, 5.41) is 0. The van der Waals surface area contributed by atoms with Gasteiger partial charge in [0.15, 0.2) is 6.29 Å². The van der Waals surface area contributed by atoms with Crippen LogP contribution in [0.15, 0.2) is 59.5 Å². The molecule has 0 saturated carbocycles. The summed E-state index contributed by atoms with van der Waals surface area (Å²) in [6.07, 6.45) is 2.14. The molecule has 0 aliphatic heterocycles. The van der Waals surface area contributed by atoms with Crippen LogP contribution in [0, 0.1) is 13.8 Å². The van der Waals surface area contributed by atoms with Crippen molar-refractivity contribution in [2.24, 2.45) is 0 Å². The van der Waals surface area contributed by atoms with E-state index in [2.05, 4.69) is 4.98 Å². The van der Waals surface area contributed by atoms with E-state index in [9.17, 15) is 9.59 Å². The van der Waals surface area contributed by atoms with Gasteiger partial charge in [-0.3, -0.25) is 14.2 Å². The van der Waals surface area contributed by atoms with Gasteiger partial charge in [0.25, 0.3) is 5.56 Å². The molecule has 2 aromatic carbocycles. The molecular weight excluding hydrogens is 288 g/mol. The number of aldehydes is 1. The molecule has 0 aliphatic rings. The van der Waals surface area contributed by atoms with Crippen LogP contribution in [0.2, 0.25) is 0 Å². The molecule has 0 atom stereocenters. The summed E-state index contributed by atoms with van der Waals surface area (Å²) >= 11 is 0. The van der Waals surface area contributed by atoms with E-state index in [0.717, 1.165) is 16.8 Å². The van der Waals surface area contributed by atoms with Gasteiger partial charge >= 0.3 is 0 Å². The number of carbonyl (C=O) groups excluding carboxylic acids is 1. The van der Waals surface area contributed by atoms with Crippen LogP contribution >= 0.6 is 0 Å². The monoisotopic (exact) mass is 304 g/mol. The lowest BCUT2D eigenvalue weighted by molar-refractivity contribution is 0.111. The standard InChI is InChI=1S/C19H16N2O2/c1-13-8-14(2)10-17(9-13)21-11-16(12-22)20-18(19(21)23)15-6-4-3-5-7-15/h3-12H,1-2H3. The van der Waals surface area contributed by atoms with Gasteiger partial charge in [-0.1, -0.05) is 36.4 Å². The zero-order chi connectivity index (χ0) is 16.4. The SMILES string of the molecule is Cc1cc(C)cc(-n2cc(C=O)nc(-c3ccccc3)c2=O)c1. The van der Waals surface area contributed by atoms with E-state index in [1.54, 1.807) is 0 Å². The second-order valence-electron chi connectivity index (χ2n) is 5.52. The Morgan fingerprint density at radius 1 is 1.00 bits per heavy atom. The fourth-order valence-corrected chi connectivity index (χ4v) is 2.63. The van der Waals surface area contributed by atoms with Crippen LogP contribution in [0.4, 0.5) is 0 Å². The largest absolute Gasteiger partial charge is 0.296 e. The van der Waals surface area contributed by atoms with Crippen LogP contribution in [0.3, 0.4) is 0 Å². The molecule has 4 nitrogen and oxygen atoms in total. The lowest BCUT2D eigenvalue weighted by Gasteiger charge is -2.11. The van der Waals surface area contributed by atoms with Crippen LogP contribution in [0.25, 0.3) is 16.9 Å². The van der Waals surface area contributed by atoms with Crippen molar-refractivity contribution in [3.63, 3.8) is 0 Å². The second kappa shape index (κ2) is 6.01. The number of rotatable bonds is 3. The molecule has 23 heavy (non-hydrogen) atoms. The number of carbonyl (C=O) groups is 1. The van der Waals surface area contributed by atoms with E-state index in [1.807, 2.05) is 62.4 Å². The van der Waals surface area contributed by atoms with Crippen LogP contribution in [0.5, 0.6) is 0 Å². The van der Waals surface area contributed by atoms with Gasteiger partial charge in [0.1, 0.15) is 11.4 Å². The molecule has 3 aromatic rings. The summed E-state index contributed by atoms with van der Waals surface area (Å²) in [5.41, 5.74) is 3.79. The van der Waals surface area contributed by atoms with Crippen molar-refractivity contribution in [1.29, 1.82) is 0 Å². The third-order valence-electron chi connectivity index (χ3n) is 3.58. The summed E-state index contributed by atoms with van der Waals surface area (Å²) < 4.78 is 1.49. The van der Waals surface area contributed by atoms with Crippen molar-refractivity contribution in [1.82, 2.24) is 9.55 Å². The minimum Gasteiger partial charge on any atom is -0.296 e. The van der Waals surface area contributed by atoms with Crippen LogP contribution in [0.1, 0.15) is 21.6 Å². The molecule has 4 heteroatoms. The number of hydrogen-bond donors (Lipinski definition) is 0. The average Bonchev–Trinajstić information content (AvgIpc) is 2.55. The molecule has 0 unspecified atom stereocenters. The van der Waals surface area contributed by atoms with E-state index >= 15 is 0 Å². The van der Waals surface area contributed by atoms with Gasteiger partial charge in [-0.25, -0.2) is 4.98 Å². The quantitative estimate of drug-likeness (QED) is 0.697. The van der Waals surface area contributed by atoms with Gasteiger partial charge in [-0.15, -0.1) is 0 Å². The van der Waals surface area contributed by atoms with E-state index in [0.29, 0.717) is 11.8 Å². The first-order valence-electron chi connectivity index (χ1n) is 7.31. The normalized spacial score (nSPS) is 10.5. The Labute approximate surface area is 134 Å². The predicted octanol–water partition coefficient (Wildman–Crippen LogP) is 3.33. The minimum atomic E-state index is -0.244. The molecule has 0 spiro atoms. The molecule has 3 rings (SSSR count). The Bertz CT molecular complexity index is 908. The first kappa shape index (κ1) is 14.9. The van der Waals surface area contributed by atoms with Gasteiger partial charge in [-0.2, -0.15) is 0 Å². The summed E-state index contributed by atoms with van der Waals surface area (Å²) in [6, 6.07) is 15.0. The third kappa shape index (κ3) is 2.97. The van der Waals surface area contributed by atoms with Crippen molar-refractivity contribution in [2.45, 2.75) is 13.8 Å². The van der Waals surface area contributed by atoms with Gasteiger partial charge in [0, 0.05) is 17.4 Å². The molecule has 0 saturated heterocycles. The molecule has 0 N–H and O–H groups in total. The van der Waals surface area contributed by atoms with E-state index in [4.69, 9.17) is 0 Å². The zero-order valence-electron chi connectivity index (χ0n) is 13.0. The van der Waals surface area contributed by atoms with Crippen molar-refractivity contribution in [3.8, 4) is 16.9 Å². The summed E-state index contributed by atoms with van der Waals surface area (Å²) in [6.45, 7) is 3.95. The highest BCUT2D eigenvalue weighted by Gasteiger charge is 2.12. The minimum absolute atomic E-state index is 0.225. The molecule has 0 fully saturated rings. The smallest absolute Gasteiger partial charge is 0.281 e. The Balaban J connectivity index is 2.29. The fraction of sp³-hybridized carbons (Fsp3) is 0.105. The van der Waals surface area contributed by atoms with E-state index in [-0.39, 0.29) is 16.9 Å². The highest BCUT2D eigenvalue weighted by atomic mass is 16.1. The highest BCUT2D eigenvalue weighted by molar-refractivity contribution is 5.73. The van der Waals surface area contributed by atoms with Crippen LogP contribution in [-0.2, 0) is 0 Å². The Morgan fingerprint density at radius 3 is 2.26 bits per heavy atom. The number of hydrogen-bond acceptors (Lipinski definition) is 3. The Kier molecular flexibility index (Phi) is 3.89. The van der Waals surface area contributed by atoms with Crippen molar-refractivity contribution in [2.75, 3.05) is 0 Å². The van der Waals surface area contributed by atoms with Gasteiger partial charge in [-0.05, 0) is 37.1 Å². The molecule has 1 aromatic heterocycles. The summed E-state index contributed by atoms with van der Waals surface area (Å²) in [4.78, 5) is 28.3. The summed E-state index contributed by atoms with van der Waals surface area (Å²) in [7, 11) is 0. The Hall–Kier alpha value is -3.01. The van der Waals surface area contributed by atoms with Crippen LogP contribution < -0.4 is 5.56 Å². The van der Waals surface area contributed by atoms with Gasteiger partial charge in [0.2, 0.25) is 0 Å². The van der Waals surface area contributed by atoms with E-state index in [1.165, 1.54) is 10.8 Å². The molecular formula is C19H16N2O2. The first-order valence-corrected chi connectivity index (χ1v) is 7.31. The van der Waals surface area contributed by atoms with Gasteiger partial charge in [0.05, 0.1) is 0 Å². The maximum atomic E-state index is 12.8. The molecule has 0 amide bonds. The average molecular weight is 304 g/mol. The second-order valence-corrected chi connectivity index (χ2v) is 5.52. The number of aryl methyl sites for hydroxylation is 2. The highest BCUT2D eigenvalue weighted by Crippen LogP contribution is 2.16. The van der Waals surface area contributed by atoms with E-state index < -0.39 is 0 Å². The first-order chi connectivity index (χ1) is 11.1. The van der Waals surface area contributed by atoms with Crippen molar-refractivity contribution < 1.29 is 4.79 Å². The lowest BCUT2D eigenvalue weighted by atomic mass is 10.1. The fourth-order valence-electron chi connectivity index (χ4n) is 2.63. The molecule has 1 heterocycles. The zero-order valence-corrected chi connectivity index (χ0v) is 13.0. The molecule has 0 aliphatic carbocycles. The molecule has 114 valence electrons. The summed E-state index contributed by atoms with van der Waals surface area (Å²) in [5.74, 6) is 0. The van der Waals surface area contributed by atoms with Crippen molar-refractivity contribution >= 4 is 6.29 Å². The number of benzene rings is 2. The third-order valence-corrected chi connectivity index (χ3v) is 3.58. The number of aromatic nitrogens is 2. The topological polar surface area (TPSA) is 52.0 Å². The molecule has 0 radical (unpaired) electrons. The molecule has 0 bridgehead atoms. The lowest BCUT2D eigenvalue weighted by Crippen LogP contribution is -2.22. The maximum absolute atomic E-state index is 12.8. The Morgan fingerprint density at radius 2 is 1.65 bits per heavy atom. The number of nitrogens with zero attached hydrogens (tertiary/aromatic N) is 2. The predicted molar refractivity (Wildman–Crippen MR) is 90.1 cm³/mol. The van der Waals surface area contributed by atoms with Gasteiger partial charge < -0.3 is 0 Å². The maximum Gasteiger partial charge on any atom is 0.281 e. The van der Waals surface area contributed by atoms with Crippen LogP contribution in [-0.4, -0.2) is 15.8 Å². The van der Waals surface area contributed by atoms with Crippen molar-refractivity contribution in [3.05, 3.63) is 81.9 Å².